The first-order valence-corrected chi connectivity index (χ1v) is 11.4. The van der Waals surface area contributed by atoms with Crippen LogP contribution in [0.25, 0.3) is 11.3 Å². The van der Waals surface area contributed by atoms with E-state index in [4.69, 9.17) is 9.47 Å². The summed E-state index contributed by atoms with van der Waals surface area (Å²) in [6.07, 6.45) is 1.63. The Bertz CT molecular complexity index is 1130. The fourth-order valence-electron chi connectivity index (χ4n) is 4.59. The number of fused-ring (bicyclic) bond motifs is 1. The Balaban J connectivity index is 1.84. The molecule has 3 aromatic rings. The summed E-state index contributed by atoms with van der Waals surface area (Å²) >= 11 is 0. The van der Waals surface area contributed by atoms with Gasteiger partial charge in [-0.3, -0.25) is 9.89 Å². The molecule has 1 atom stereocenters. The van der Waals surface area contributed by atoms with Gasteiger partial charge in [0.2, 0.25) is 0 Å². The van der Waals surface area contributed by atoms with Gasteiger partial charge >= 0.3 is 0 Å². The van der Waals surface area contributed by atoms with Gasteiger partial charge in [0.25, 0.3) is 5.91 Å². The van der Waals surface area contributed by atoms with Crippen LogP contribution in [0.1, 0.15) is 58.5 Å². The van der Waals surface area contributed by atoms with Gasteiger partial charge < -0.3 is 19.5 Å². The van der Waals surface area contributed by atoms with Crippen LogP contribution in [0.4, 0.5) is 0 Å². The molecule has 2 aromatic carbocycles. The second-order valence-corrected chi connectivity index (χ2v) is 8.51. The van der Waals surface area contributed by atoms with E-state index in [1.165, 1.54) is 0 Å². The maximum atomic E-state index is 13.4. The van der Waals surface area contributed by atoms with Crippen molar-refractivity contribution in [3.8, 4) is 22.8 Å². The molecule has 1 aliphatic heterocycles. The minimum Gasteiger partial charge on any atom is -0.507 e. The predicted octanol–water partition coefficient (Wildman–Crippen LogP) is 4.77. The Kier molecular flexibility index (Phi) is 6.70. The van der Waals surface area contributed by atoms with E-state index in [1.54, 1.807) is 13.2 Å². The first kappa shape index (κ1) is 22.9. The third-order valence-corrected chi connectivity index (χ3v) is 5.95. The van der Waals surface area contributed by atoms with Crippen molar-refractivity contribution in [2.24, 2.45) is 0 Å². The van der Waals surface area contributed by atoms with Gasteiger partial charge in [-0.25, -0.2) is 0 Å². The number of aromatic nitrogens is 2. The molecule has 1 unspecified atom stereocenters. The number of ether oxygens (including phenoxy) is 2. The highest BCUT2D eigenvalue weighted by molar-refractivity contribution is 6.00. The van der Waals surface area contributed by atoms with E-state index >= 15 is 0 Å². The average molecular weight is 450 g/mol. The quantitative estimate of drug-likeness (QED) is 0.460. The minimum atomic E-state index is -0.344. The van der Waals surface area contributed by atoms with Crippen LogP contribution in [0.2, 0.25) is 0 Å². The van der Waals surface area contributed by atoms with E-state index in [9.17, 15) is 9.90 Å². The number of benzene rings is 2. The third kappa shape index (κ3) is 4.33. The number of H-pyrrole nitrogens is 1. The van der Waals surface area contributed by atoms with Crippen molar-refractivity contribution in [2.45, 2.75) is 39.7 Å². The second kappa shape index (κ2) is 9.67. The van der Waals surface area contributed by atoms with Crippen LogP contribution in [0.3, 0.4) is 0 Å². The molecule has 0 fully saturated rings. The SMILES string of the molecule is CCCOc1cccc(C2c3c(-c4c(C)cc(C)cc4O)n[nH]c3C(=O)N2CCCOC)c1. The molecular weight excluding hydrogens is 418 g/mol. The number of carbonyl (C=O) groups excluding carboxylic acids is 1. The van der Waals surface area contributed by atoms with Crippen molar-refractivity contribution in [1.82, 2.24) is 15.1 Å². The lowest BCUT2D eigenvalue weighted by atomic mass is 9.93. The number of hydrogen-bond donors (Lipinski definition) is 2. The molecule has 4 rings (SSSR count). The number of phenols is 1. The number of carbonyl (C=O) groups is 1. The number of methoxy groups -OCH3 is 1. The summed E-state index contributed by atoms with van der Waals surface area (Å²) in [4.78, 5) is 15.3. The Morgan fingerprint density at radius 1 is 1.18 bits per heavy atom. The Hall–Kier alpha value is -3.32. The fraction of sp³-hybridized carbons (Fsp3) is 0.385. The van der Waals surface area contributed by atoms with E-state index in [-0.39, 0.29) is 17.7 Å². The number of aryl methyl sites for hydroxylation is 2. The monoisotopic (exact) mass is 449 g/mol. The van der Waals surface area contributed by atoms with Gasteiger partial charge in [-0.1, -0.05) is 25.1 Å². The maximum Gasteiger partial charge on any atom is 0.273 e. The van der Waals surface area contributed by atoms with E-state index in [1.807, 2.05) is 49.1 Å². The zero-order valence-corrected chi connectivity index (χ0v) is 19.6. The molecule has 2 heterocycles. The van der Waals surface area contributed by atoms with Crippen LogP contribution in [0, 0.1) is 13.8 Å². The number of nitrogens with zero attached hydrogens (tertiary/aromatic N) is 2. The molecule has 0 bridgehead atoms. The van der Waals surface area contributed by atoms with Crippen LogP contribution in [0.5, 0.6) is 11.5 Å². The van der Waals surface area contributed by atoms with E-state index in [0.29, 0.717) is 43.1 Å². The first-order valence-electron chi connectivity index (χ1n) is 11.4. The highest BCUT2D eigenvalue weighted by Crippen LogP contribution is 2.46. The molecule has 2 N–H and O–H groups in total. The summed E-state index contributed by atoms with van der Waals surface area (Å²) in [6, 6.07) is 11.3. The fourth-order valence-corrected chi connectivity index (χ4v) is 4.59. The van der Waals surface area contributed by atoms with Crippen molar-refractivity contribution in [2.75, 3.05) is 26.9 Å². The molecule has 7 nitrogen and oxygen atoms in total. The molecule has 0 saturated carbocycles. The molecule has 33 heavy (non-hydrogen) atoms. The van der Waals surface area contributed by atoms with Crippen molar-refractivity contribution >= 4 is 5.91 Å². The molecule has 0 spiro atoms. The lowest BCUT2D eigenvalue weighted by molar-refractivity contribution is 0.0723. The molecule has 0 saturated heterocycles. The smallest absolute Gasteiger partial charge is 0.273 e. The summed E-state index contributed by atoms with van der Waals surface area (Å²) in [5.74, 6) is 0.825. The lowest BCUT2D eigenvalue weighted by Crippen LogP contribution is -2.31. The summed E-state index contributed by atoms with van der Waals surface area (Å²) < 4.78 is 11.1. The molecule has 0 radical (unpaired) electrons. The molecule has 1 aliphatic rings. The topological polar surface area (TPSA) is 87.7 Å². The van der Waals surface area contributed by atoms with Gasteiger partial charge in [0.05, 0.1) is 12.6 Å². The Morgan fingerprint density at radius 3 is 2.73 bits per heavy atom. The van der Waals surface area contributed by atoms with Gasteiger partial charge in [-0.15, -0.1) is 0 Å². The number of rotatable bonds is 9. The number of aromatic hydroxyl groups is 1. The molecule has 7 heteroatoms. The molecule has 1 amide bonds. The van der Waals surface area contributed by atoms with E-state index in [2.05, 4.69) is 17.1 Å². The minimum absolute atomic E-state index is 0.103. The third-order valence-electron chi connectivity index (χ3n) is 5.95. The average Bonchev–Trinajstić information content (AvgIpc) is 3.31. The Labute approximate surface area is 194 Å². The molecule has 0 aliphatic carbocycles. The van der Waals surface area contributed by atoms with Gasteiger partial charge in [-0.05, 0) is 61.6 Å². The predicted molar refractivity (Wildman–Crippen MR) is 127 cm³/mol. The zero-order chi connectivity index (χ0) is 23.5. The van der Waals surface area contributed by atoms with Crippen LogP contribution in [-0.2, 0) is 4.74 Å². The van der Waals surface area contributed by atoms with Gasteiger partial charge in [0, 0.05) is 31.4 Å². The maximum absolute atomic E-state index is 13.4. The molecule has 174 valence electrons. The van der Waals surface area contributed by atoms with E-state index in [0.717, 1.165) is 34.4 Å². The number of phenolic OH excluding ortho intramolecular Hbond substituents is 1. The summed E-state index contributed by atoms with van der Waals surface area (Å²) in [7, 11) is 1.66. The number of hydrogen-bond acceptors (Lipinski definition) is 5. The highest BCUT2D eigenvalue weighted by Gasteiger charge is 2.42. The van der Waals surface area contributed by atoms with Crippen LogP contribution >= 0.6 is 0 Å². The number of nitrogens with one attached hydrogen (secondary N) is 1. The van der Waals surface area contributed by atoms with Gasteiger partial charge in [-0.2, -0.15) is 5.10 Å². The van der Waals surface area contributed by atoms with Crippen LogP contribution in [0.15, 0.2) is 36.4 Å². The van der Waals surface area contributed by atoms with Crippen molar-refractivity contribution in [3.63, 3.8) is 0 Å². The summed E-state index contributed by atoms with van der Waals surface area (Å²) in [5.41, 5.74) is 5.32. The first-order chi connectivity index (χ1) is 16.0. The van der Waals surface area contributed by atoms with Crippen molar-refractivity contribution in [3.05, 3.63) is 64.3 Å². The van der Waals surface area contributed by atoms with Crippen molar-refractivity contribution in [1.29, 1.82) is 0 Å². The zero-order valence-electron chi connectivity index (χ0n) is 19.6. The summed E-state index contributed by atoms with van der Waals surface area (Å²) in [5, 5.41) is 18.2. The molecule has 1 aromatic heterocycles. The lowest BCUT2D eigenvalue weighted by Gasteiger charge is -2.27. The standard InChI is InChI=1S/C26H31N3O4/c1-5-11-33-19-9-6-8-18(15-19)25-22-23(21-17(3)13-16(2)14-20(21)30)27-28-24(22)26(31)29(25)10-7-12-32-4/h6,8-9,13-15,25,30H,5,7,10-12H2,1-4H3,(H,27,28). The number of amides is 1. The van der Waals surface area contributed by atoms with Crippen LogP contribution in [-0.4, -0.2) is 53.0 Å². The van der Waals surface area contributed by atoms with Gasteiger partial charge in [0.1, 0.15) is 22.9 Å². The molecular formula is C26H31N3O4. The summed E-state index contributed by atoms with van der Waals surface area (Å²) in [6.45, 7) is 7.69. The number of aromatic amines is 1. The van der Waals surface area contributed by atoms with E-state index < -0.39 is 0 Å². The van der Waals surface area contributed by atoms with Gasteiger partial charge in [0.15, 0.2) is 0 Å². The highest BCUT2D eigenvalue weighted by atomic mass is 16.5. The van der Waals surface area contributed by atoms with Crippen molar-refractivity contribution < 1.29 is 19.4 Å². The second-order valence-electron chi connectivity index (χ2n) is 8.51. The van der Waals surface area contributed by atoms with Crippen LogP contribution < -0.4 is 4.74 Å². The largest absolute Gasteiger partial charge is 0.507 e. The Morgan fingerprint density at radius 2 is 2.00 bits per heavy atom. The normalized spacial score (nSPS) is 15.2.